The van der Waals surface area contributed by atoms with Crippen molar-refractivity contribution in [2.45, 2.75) is 23.8 Å². The Labute approximate surface area is 95.3 Å². The Kier molecular flexibility index (Phi) is 5.24. The van der Waals surface area contributed by atoms with E-state index < -0.39 is 10.9 Å². The second-order valence-electron chi connectivity index (χ2n) is 3.79. The van der Waals surface area contributed by atoms with Gasteiger partial charge in [0.15, 0.2) is 0 Å². The molecule has 1 aliphatic rings. The zero-order chi connectivity index (χ0) is 10.6. The lowest BCUT2D eigenvalue weighted by Crippen LogP contribution is -2.37. The number of piperidine rings is 1. The van der Waals surface area contributed by atoms with Gasteiger partial charge in [0, 0.05) is 6.54 Å². The van der Waals surface area contributed by atoms with Crippen LogP contribution in [-0.4, -0.2) is 29.1 Å². The first-order chi connectivity index (χ1) is 6.65. The van der Waals surface area contributed by atoms with E-state index in [4.69, 9.17) is 23.2 Å². The van der Waals surface area contributed by atoms with Crippen molar-refractivity contribution in [1.82, 2.24) is 5.32 Å². The molecule has 0 spiro atoms. The predicted octanol–water partition coefficient (Wildman–Crippen LogP) is 1.95. The molecule has 0 saturated carbocycles. The Bertz CT molecular complexity index is 187. The molecule has 0 unspecified atom stereocenters. The van der Waals surface area contributed by atoms with Gasteiger partial charge in [-0.3, -0.25) is 0 Å². The van der Waals surface area contributed by atoms with Crippen molar-refractivity contribution >= 4 is 23.2 Å². The molecule has 0 bridgehead atoms. The van der Waals surface area contributed by atoms with E-state index in [-0.39, 0.29) is 0 Å². The van der Waals surface area contributed by atoms with Crippen molar-refractivity contribution in [2.75, 3.05) is 13.1 Å². The Morgan fingerprint density at radius 2 is 2.29 bits per heavy atom. The van der Waals surface area contributed by atoms with Crippen molar-refractivity contribution in [2.24, 2.45) is 11.8 Å². The van der Waals surface area contributed by atoms with Crippen molar-refractivity contribution in [1.29, 1.82) is 0 Å². The zero-order valence-corrected chi connectivity index (χ0v) is 9.64. The summed E-state index contributed by atoms with van der Waals surface area (Å²) in [5.74, 6) is 0.870. The van der Waals surface area contributed by atoms with Gasteiger partial charge in [0.2, 0.25) is 0 Å². The van der Waals surface area contributed by atoms with E-state index in [1.807, 2.05) is 6.08 Å². The van der Waals surface area contributed by atoms with Crippen LogP contribution in [0.4, 0.5) is 0 Å². The van der Waals surface area contributed by atoms with E-state index in [1.165, 1.54) is 0 Å². The van der Waals surface area contributed by atoms with Crippen LogP contribution >= 0.6 is 23.2 Å². The highest BCUT2D eigenvalue weighted by atomic mass is 35.5. The second-order valence-corrected chi connectivity index (χ2v) is 4.95. The number of halogens is 2. The first-order valence-corrected chi connectivity index (χ1v) is 5.82. The number of nitrogens with one attached hydrogen (secondary N) is 1. The Balaban J connectivity index is 2.44. The van der Waals surface area contributed by atoms with E-state index in [9.17, 15) is 5.11 Å². The van der Waals surface area contributed by atoms with Crippen molar-refractivity contribution < 1.29 is 5.11 Å². The van der Waals surface area contributed by atoms with Crippen LogP contribution in [0.3, 0.4) is 0 Å². The molecule has 0 aliphatic carbocycles. The van der Waals surface area contributed by atoms with Crippen LogP contribution in [0.2, 0.25) is 0 Å². The first-order valence-electron chi connectivity index (χ1n) is 4.94. The minimum atomic E-state index is -0.685. The van der Waals surface area contributed by atoms with Gasteiger partial charge in [0.1, 0.15) is 4.84 Å². The number of hydrogen-bond donors (Lipinski definition) is 2. The highest BCUT2D eigenvalue weighted by molar-refractivity contribution is 6.44. The molecule has 2 nitrogen and oxygen atoms in total. The van der Waals surface area contributed by atoms with Crippen molar-refractivity contribution in [3.63, 3.8) is 0 Å². The van der Waals surface area contributed by atoms with E-state index in [0.29, 0.717) is 18.3 Å². The molecule has 1 heterocycles. The van der Waals surface area contributed by atoms with Crippen LogP contribution in [-0.2, 0) is 0 Å². The van der Waals surface area contributed by atoms with E-state index in [1.54, 1.807) is 0 Å². The summed E-state index contributed by atoms with van der Waals surface area (Å²) in [6, 6.07) is 0. The molecule has 14 heavy (non-hydrogen) atoms. The van der Waals surface area contributed by atoms with Gasteiger partial charge in [0.05, 0.1) is 6.10 Å². The largest absolute Gasteiger partial charge is 0.390 e. The molecule has 1 saturated heterocycles. The smallest absolute Gasteiger partial charge is 0.133 e. The lowest BCUT2D eigenvalue weighted by molar-refractivity contribution is 0.130. The molecular formula is C10H17Cl2NO. The maximum atomic E-state index is 9.57. The van der Waals surface area contributed by atoms with Gasteiger partial charge in [-0.2, -0.15) is 0 Å². The molecule has 1 rings (SSSR count). The average molecular weight is 238 g/mol. The Morgan fingerprint density at radius 1 is 1.57 bits per heavy atom. The quantitative estimate of drug-likeness (QED) is 0.579. The minimum absolute atomic E-state index is 0.422. The van der Waals surface area contributed by atoms with Crippen LogP contribution in [0.25, 0.3) is 0 Å². The molecule has 4 heteroatoms. The fourth-order valence-electron chi connectivity index (χ4n) is 1.92. The number of hydrogen-bond acceptors (Lipinski definition) is 2. The van der Waals surface area contributed by atoms with Gasteiger partial charge in [-0.25, -0.2) is 0 Å². The van der Waals surface area contributed by atoms with Crippen LogP contribution in [0.5, 0.6) is 0 Å². The third-order valence-electron chi connectivity index (χ3n) is 2.82. The maximum Gasteiger partial charge on any atom is 0.133 e. The van der Waals surface area contributed by atoms with E-state index >= 15 is 0 Å². The molecule has 1 fully saturated rings. The zero-order valence-electron chi connectivity index (χ0n) is 8.13. The maximum absolute atomic E-state index is 9.57. The summed E-state index contributed by atoms with van der Waals surface area (Å²) in [6.07, 6.45) is 3.04. The molecule has 3 atom stereocenters. The second kappa shape index (κ2) is 5.96. The highest BCUT2D eigenvalue weighted by Crippen LogP contribution is 2.27. The van der Waals surface area contributed by atoms with Crippen LogP contribution in [0.1, 0.15) is 12.8 Å². The third-order valence-corrected chi connectivity index (χ3v) is 3.40. The van der Waals surface area contributed by atoms with Gasteiger partial charge in [-0.1, -0.05) is 6.08 Å². The summed E-state index contributed by atoms with van der Waals surface area (Å²) in [5, 5.41) is 12.9. The van der Waals surface area contributed by atoms with Gasteiger partial charge < -0.3 is 10.4 Å². The van der Waals surface area contributed by atoms with Gasteiger partial charge in [-0.15, -0.1) is 29.8 Å². The van der Waals surface area contributed by atoms with Crippen molar-refractivity contribution in [3.8, 4) is 0 Å². The number of aliphatic hydroxyl groups excluding tert-OH is 1. The van der Waals surface area contributed by atoms with Crippen LogP contribution in [0.15, 0.2) is 12.7 Å². The lowest BCUT2D eigenvalue weighted by atomic mass is 9.83. The number of aliphatic hydroxyl groups is 1. The van der Waals surface area contributed by atoms with E-state index in [0.717, 1.165) is 19.5 Å². The molecule has 0 amide bonds. The Hall–Kier alpha value is 0.240. The minimum Gasteiger partial charge on any atom is -0.390 e. The number of alkyl halides is 2. The molecule has 0 aromatic rings. The summed E-state index contributed by atoms with van der Waals surface area (Å²) in [4.78, 5) is -0.685. The SMILES string of the molecule is C=C[C@H]1CNCC[C@H]1C[C@@H](O)C(Cl)Cl. The molecule has 0 aromatic heterocycles. The summed E-state index contributed by atoms with van der Waals surface area (Å²) in [7, 11) is 0. The van der Waals surface area contributed by atoms with Gasteiger partial charge in [0.25, 0.3) is 0 Å². The molecule has 2 N–H and O–H groups in total. The fourth-order valence-corrected chi connectivity index (χ4v) is 2.12. The summed E-state index contributed by atoms with van der Waals surface area (Å²) >= 11 is 11.2. The monoisotopic (exact) mass is 237 g/mol. The van der Waals surface area contributed by atoms with E-state index in [2.05, 4.69) is 11.9 Å². The normalized spacial score (nSPS) is 30.3. The highest BCUT2D eigenvalue weighted by Gasteiger charge is 2.26. The van der Waals surface area contributed by atoms with Gasteiger partial charge in [-0.05, 0) is 31.2 Å². The average Bonchev–Trinajstić information content (AvgIpc) is 2.18. The molecule has 1 aliphatic heterocycles. The summed E-state index contributed by atoms with van der Waals surface area (Å²) < 4.78 is 0. The fraction of sp³-hybridized carbons (Fsp3) is 0.800. The number of rotatable bonds is 4. The van der Waals surface area contributed by atoms with Gasteiger partial charge >= 0.3 is 0 Å². The van der Waals surface area contributed by atoms with Crippen LogP contribution < -0.4 is 5.32 Å². The Morgan fingerprint density at radius 3 is 2.86 bits per heavy atom. The third kappa shape index (κ3) is 3.43. The topological polar surface area (TPSA) is 32.3 Å². The molecule has 0 radical (unpaired) electrons. The first kappa shape index (κ1) is 12.3. The standard InChI is InChI=1S/C10H17Cl2NO/c1-2-7-6-13-4-3-8(7)5-9(14)10(11)12/h2,7-10,13-14H,1,3-6H2/t7-,8-,9+/m0/s1. The molecule has 82 valence electrons. The summed E-state index contributed by atoms with van der Waals surface area (Å²) in [5.41, 5.74) is 0. The molecular weight excluding hydrogens is 221 g/mol. The molecule has 0 aromatic carbocycles. The van der Waals surface area contributed by atoms with Crippen LogP contribution in [0, 0.1) is 11.8 Å². The van der Waals surface area contributed by atoms with Crippen molar-refractivity contribution in [3.05, 3.63) is 12.7 Å². The lowest BCUT2D eigenvalue weighted by Gasteiger charge is -2.31. The summed E-state index contributed by atoms with van der Waals surface area (Å²) in [6.45, 7) is 5.74. The predicted molar refractivity (Wildman–Crippen MR) is 60.8 cm³/mol.